The molecule has 0 bridgehead atoms. The summed E-state index contributed by atoms with van der Waals surface area (Å²) >= 11 is 0. The van der Waals surface area contributed by atoms with Crippen molar-refractivity contribution in [2.24, 2.45) is 5.92 Å². The highest BCUT2D eigenvalue weighted by molar-refractivity contribution is 5.77. The van der Waals surface area contributed by atoms with Crippen molar-refractivity contribution in [1.82, 2.24) is 14.5 Å². The van der Waals surface area contributed by atoms with E-state index in [0.717, 1.165) is 42.8 Å². The van der Waals surface area contributed by atoms with E-state index in [2.05, 4.69) is 21.5 Å². The van der Waals surface area contributed by atoms with E-state index in [1.807, 2.05) is 19.2 Å². The van der Waals surface area contributed by atoms with Gasteiger partial charge in [-0.3, -0.25) is 4.57 Å². The van der Waals surface area contributed by atoms with Crippen LogP contribution in [0.15, 0.2) is 12.3 Å². The van der Waals surface area contributed by atoms with Gasteiger partial charge in [0.1, 0.15) is 5.52 Å². The minimum Gasteiger partial charge on any atom is -0.381 e. The predicted molar refractivity (Wildman–Crippen MR) is 74.9 cm³/mol. The van der Waals surface area contributed by atoms with Crippen LogP contribution < -0.4 is 5.73 Å². The van der Waals surface area contributed by atoms with Crippen molar-refractivity contribution in [3.63, 3.8) is 0 Å². The molecule has 0 aromatic carbocycles. The van der Waals surface area contributed by atoms with Crippen molar-refractivity contribution in [3.05, 3.63) is 17.8 Å². The highest BCUT2D eigenvalue weighted by atomic mass is 16.5. The van der Waals surface area contributed by atoms with Crippen LogP contribution in [-0.2, 0) is 4.74 Å². The molecule has 1 saturated heterocycles. The van der Waals surface area contributed by atoms with Crippen molar-refractivity contribution >= 4 is 17.1 Å². The monoisotopic (exact) mass is 260 g/mol. The molecule has 19 heavy (non-hydrogen) atoms. The number of nitrogens with zero attached hydrogens (tertiary/aromatic N) is 3. The summed E-state index contributed by atoms with van der Waals surface area (Å²) in [6.07, 6.45) is 3.98. The van der Waals surface area contributed by atoms with Gasteiger partial charge < -0.3 is 10.5 Å². The molecule has 1 aliphatic heterocycles. The normalized spacial score (nSPS) is 18.8. The predicted octanol–water partition coefficient (Wildman–Crippen LogP) is 2.31. The number of nitrogens with two attached hydrogens (primary N) is 1. The van der Waals surface area contributed by atoms with Gasteiger partial charge in [0.05, 0.1) is 0 Å². The molecule has 0 amide bonds. The molecule has 1 fully saturated rings. The van der Waals surface area contributed by atoms with Crippen LogP contribution in [-0.4, -0.2) is 27.7 Å². The van der Waals surface area contributed by atoms with E-state index in [9.17, 15) is 0 Å². The lowest BCUT2D eigenvalue weighted by Gasteiger charge is -2.29. The number of rotatable bonds is 2. The fraction of sp³-hybridized carbons (Fsp3) is 0.571. The summed E-state index contributed by atoms with van der Waals surface area (Å²) < 4.78 is 7.51. The second-order valence-corrected chi connectivity index (χ2v) is 5.33. The minimum absolute atomic E-state index is 0.309. The summed E-state index contributed by atoms with van der Waals surface area (Å²) in [5.41, 5.74) is 9.05. The summed E-state index contributed by atoms with van der Waals surface area (Å²) in [5, 5.41) is 0. The lowest BCUT2D eigenvalue weighted by atomic mass is 9.93. The van der Waals surface area contributed by atoms with Gasteiger partial charge in [0.25, 0.3) is 0 Å². The highest BCUT2D eigenvalue weighted by Gasteiger charge is 2.25. The maximum atomic E-state index is 6.11. The van der Waals surface area contributed by atoms with E-state index in [0.29, 0.717) is 17.9 Å². The third-order valence-electron chi connectivity index (χ3n) is 4.16. The summed E-state index contributed by atoms with van der Waals surface area (Å²) in [6, 6.07) is 2.28. The number of aryl methyl sites for hydroxylation is 1. The second kappa shape index (κ2) is 4.81. The first kappa shape index (κ1) is 12.4. The Balaban J connectivity index is 2.03. The Hall–Kier alpha value is -1.62. The first-order valence-electron chi connectivity index (χ1n) is 6.85. The summed E-state index contributed by atoms with van der Waals surface area (Å²) in [6.45, 7) is 5.93. The van der Waals surface area contributed by atoms with Crippen LogP contribution in [0.2, 0.25) is 0 Å². The molecule has 1 atom stereocenters. The van der Waals surface area contributed by atoms with Crippen LogP contribution in [0, 0.1) is 12.8 Å². The maximum absolute atomic E-state index is 6.11. The molecule has 3 heterocycles. The number of nitrogen functional groups attached to an aromatic ring is 1. The molecule has 0 saturated carbocycles. The van der Waals surface area contributed by atoms with Crippen LogP contribution in [0.4, 0.5) is 5.95 Å². The van der Waals surface area contributed by atoms with Gasteiger partial charge in [0, 0.05) is 25.5 Å². The van der Waals surface area contributed by atoms with Crippen LogP contribution >= 0.6 is 0 Å². The molecule has 2 N–H and O–H groups in total. The summed E-state index contributed by atoms with van der Waals surface area (Å²) in [7, 11) is 0. The lowest BCUT2D eigenvalue weighted by molar-refractivity contribution is 0.0521. The molecule has 0 radical (unpaired) electrons. The molecule has 2 aromatic heterocycles. The van der Waals surface area contributed by atoms with E-state index in [-0.39, 0.29) is 0 Å². The van der Waals surface area contributed by atoms with Crippen molar-refractivity contribution in [2.45, 2.75) is 32.7 Å². The van der Waals surface area contributed by atoms with Crippen molar-refractivity contribution in [2.75, 3.05) is 18.9 Å². The van der Waals surface area contributed by atoms with E-state index in [4.69, 9.17) is 10.5 Å². The fourth-order valence-electron chi connectivity index (χ4n) is 2.94. The van der Waals surface area contributed by atoms with Crippen LogP contribution in [0.3, 0.4) is 0 Å². The lowest BCUT2D eigenvalue weighted by Crippen LogP contribution is -2.25. The van der Waals surface area contributed by atoms with Crippen LogP contribution in [0.5, 0.6) is 0 Å². The zero-order valence-electron chi connectivity index (χ0n) is 11.5. The zero-order valence-corrected chi connectivity index (χ0v) is 11.5. The van der Waals surface area contributed by atoms with Gasteiger partial charge in [-0.25, -0.2) is 9.97 Å². The average molecular weight is 260 g/mol. The van der Waals surface area contributed by atoms with Gasteiger partial charge in [-0.2, -0.15) is 0 Å². The number of hydrogen-bond acceptors (Lipinski definition) is 4. The Labute approximate surface area is 112 Å². The molecule has 5 heteroatoms. The number of pyridine rings is 1. The first-order valence-corrected chi connectivity index (χ1v) is 6.85. The molecule has 2 aromatic rings. The topological polar surface area (TPSA) is 66.0 Å². The van der Waals surface area contributed by atoms with Gasteiger partial charge in [0.15, 0.2) is 5.65 Å². The Morgan fingerprint density at radius 1 is 1.42 bits per heavy atom. The minimum atomic E-state index is 0.309. The molecule has 1 unspecified atom stereocenters. The van der Waals surface area contributed by atoms with Gasteiger partial charge in [-0.1, -0.05) is 0 Å². The van der Waals surface area contributed by atoms with E-state index in [1.165, 1.54) is 0 Å². The third kappa shape index (κ3) is 2.08. The Morgan fingerprint density at radius 3 is 2.89 bits per heavy atom. The quantitative estimate of drug-likeness (QED) is 0.899. The number of imidazole rings is 1. The van der Waals surface area contributed by atoms with E-state index >= 15 is 0 Å². The number of fused-ring (bicyclic) bond motifs is 1. The van der Waals surface area contributed by atoms with E-state index in [1.54, 1.807) is 0 Å². The van der Waals surface area contributed by atoms with E-state index < -0.39 is 0 Å². The smallest absolute Gasteiger partial charge is 0.202 e. The van der Waals surface area contributed by atoms with Crippen molar-refractivity contribution < 1.29 is 4.74 Å². The third-order valence-corrected chi connectivity index (χ3v) is 4.16. The molecular formula is C14H20N4O. The van der Waals surface area contributed by atoms with Crippen molar-refractivity contribution in [1.29, 1.82) is 0 Å². The largest absolute Gasteiger partial charge is 0.381 e. The summed E-state index contributed by atoms with van der Waals surface area (Å²) in [4.78, 5) is 8.94. The molecule has 1 aliphatic rings. The first-order chi connectivity index (χ1) is 9.18. The Bertz CT molecular complexity index is 586. The number of ether oxygens (including phenoxy) is 1. The standard InChI is InChI=1S/C14H20N4O/c1-9-3-6-16-13-12(9)17-14(15)18(13)10(2)11-4-7-19-8-5-11/h3,6,10-11H,4-5,7-8H2,1-2H3,(H2,15,17). The van der Waals surface area contributed by atoms with Gasteiger partial charge >= 0.3 is 0 Å². The van der Waals surface area contributed by atoms with Crippen molar-refractivity contribution in [3.8, 4) is 0 Å². The fourth-order valence-corrected chi connectivity index (χ4v) is 2.94. The molecule has 5 nitrogen and oxygen atoms in total. The van der Waals surface area contributed by atoms with Crippen LogP contribution in [0.1, 0.15) is 31.4 Å². The van der Waals surface area contributed by atoms with Gasteiger partial charge in [-0.05, 0) is 44.2 Å². The average Bonchev–Trinajstić information content (AvgIpc) is 2.77. The summed E-state index contributed by atoms with van der Waals surface area (Å²) in [5.74, 6) is 1.14. The number of anilines is 1. The molecule has 102 valence electrons. The Kier molecular flexibility index (Phi) is 3.14. The number of aromatic nitrogens is 3. The molecular weight excluding hydrogens is 240 g/mol. The van der Waals surface area contributed by atoms with Gasteiger partial charge in [-0.15, -0.1) is 0 Å². The SMILES string of the molecule is Cc1ccnc2c1nc(N)n2C(C)C1CCOCC1. The molecule has 0 aliphatic carbocycles. The highest BCUT2D eigenvalue weighted by Crippen LogP contribution is 2.32. The molecule has 3 rings (SSSR count). The van der Waals surface area contributed by atoms with Crippen LogP contribution in [0.25, 0.3) is 11.2 Å². The maximum Gasteiger partial charge on any atom is 0.202 e. The number of hydrogen-bond donors (Lipinski definition) is 1. The Morgan fingerprint density at radius 2 is 2.16 bits per heavy atom. The van der Waals surface area contributed by atoms with Gasteiger partial charge in [0.2, 0.25) is 5.95 Å². The second-order valence-electron chi connectivity index (χ2n) is 5.33. The zero-order chi connectivity index (χ0) is 13.4. The molecule has 0 spiro atoms.